The predicted octanol–water partition coefficient (Wildman–Crippen LogP) is 4.29. The Bertz CT molecular complexity index is 831. The fraction of sp³-hybridized carbons (Fsp3) is 0.188. The van der Waals surface area contributed by atoms with E-state index in [2.05, 4.69) is 14.6 Å². The van der Waals surface area contributed by atoms with Gasteiger partial charge in [0, 0.05) is 5.39 Å². The van der Waals surface area contributed by atoms with Crippen LogP contribution < -0.4 is 9.46 Å². The molecule has 4 nitrogen and oxygen atoms in total. The Balaban J connectivity index is 1.97. The summed E-state index contributed by atoms with van der Waals surface area (Å²) < 4.78 is 45.5. The molecule has 0 unspecified atom stereocenters. The number of halogens is 3. The maximum absolute atomic E-state index is 12.2. The van der Waals surface area contributed by atoms with Crippen molar-refractivity contribution < 1.29 is 17.9 Å². The second-order valence-electron chi connectivity index (χ2n) is 4.94. The average Bonchev–Trinajstić information content (AvgIpc) is 2.91. The fourth-order valence-corrected chi connectivity index (χ4v) is 2.67. The summed E-state index contributed by atoms with van der Waals surface area (Å²) in [5, 5.41) is 5.57. The Hall–Kier alpha value is -2.19. The zero-order valence-electron chi connectivity index (χ0n) is 12.7. The lowest BCUT2D eigenvalue weighted by Gasteiger charge is -2.09. The van der Waals surface area contributed by atoms with Gasteiger partial charge in [0.1, 0.15) is 5.75 Å². The molecular weight excluding hydrogens is 339 g/mol. The summed E-state index contributed by atoms with van der Waals surface area (Å²) >= 11 is 1.49. The molecule has 3 aromatic rings. The quantitative estimate of drug-likeness (QED) is 0.695. The number of hydrogen-bond donors (Lipinski definition) is 1. The third kappa shape index (κ3) is 3.65. The number of fused-ring (bicyclic) bond motifs is 1. The van der Waals surface area contributed by atoms with Crippen LogP contribution in [0.5, 0.6) is 5.75 Å². The van der Waals surface area contributed by atoms with Crippen LogP contribution in [0.4, 0.5) is 13.2 Å². The van der Waals surface area contributed by atoms with Gasteiger partial charge in [-0.05, 0) is 36.6 Å². The van der Waals surface area contributed by atoms with Crippen LogP contribution >= 0.6 is 11.9 Å². The number of benzene rings is 2. The zero-order valence-corrected chi connectivity index (χ0v) is 13.5. The highest BCUT2D eigenvalue weighted by Crippen LogP contribution is 2.26. The van der Waals surface area contributed by atoms with Crippen LogP contribution in [0, 0.1) is 0 Å². The molecule has 0 aliphatic rings. The first kappa shape index (κ1) is 16.7. The van der Waals surface area contributed by atoms with Gasteiger partial charge in [-0.2, -0.15) is 5.10 Å². The summed E-state index contributed by atoms with van der Waals surface area (Å²) in [5.74, 6) is -0.257. The van der Waals surface area contributed by atoms with E-state index < -0.39 is 6.36 Å². The lowest BCUT2D eigenvalue weighted by atomic mass is 10.2. The molecule has 0 saturated carbocycles. The monoisotopic (exact) mass is 353 g/mol. The Kier molecular flexibility index (Phi) is 4.68. The van der Waals surface area contributed by atoms with Crippen LogP contribution in [0.25, 0.3) is 16.6 Å². The molecule has 0 atom stereocenters. The van der Waals surface area contributed by atoms with Crippen molar-refractivity contribution in [3.8, 4) is 11.4 Å². The Labute approximate surface area is 140 Å². The minimum Gasteiger partial charge on any atom is -0.406 e. The van der Waals surface area contributed by atoms with Gasteiger partial charge in [0.15, 0.2) is 0 Å². The molecule has 126 valence electrons. The number of nitrogens with zero attached hydrogens (tertiary/aromatic N) is 2. The minimum atomic E-state index is -4.70. The van der Waals surface area contributed by atoms with Gasteiger partial charge in [0.2, 0.25) is 0 Å². The van der Waals surface area contributed by atoms with Gasteiger partial charge >= 0.3 is 6.36 Å². The molecule has 0 amide bonds. The van der Waals surface area contributed by atoms with E-state index in [1.54, 1.807) is 16.8 Å². The lowest BCUT2D eigenvalue weighted by Crippen LogP contribution is -2.17. The van der Waals surface area contributed by atoms with Crippen LogP contribution in [0.1, 0.15) is 5.69 Å². The normalized spacial score (nSPS) is 11.8. The Morgan fingerprint density at radius 2 is 1.83 bits per heavy atom. The second kappa shape index (κ2) is 6.74. The van der Waals surface area contributed by atoms with Crippen molar-refractivity contribution in [2.45, 2.75) is 12.9 Å². The van der Waals surface area contributed by atoms with Crippen molar-refractivity contribution in [3.63, 3.8) is 0 Å². The summed E-state index contributed by atoms with van der Waals surface area (Å²) in [6.07, 6.45) is -2.77. The second-order valence-corrected chi connectivity index (χ2v) is 5.64. The van der Waals surface area contributed by atoms with E-state index in [4.69, 9.17) is 0 Å². The van der Waals surface area contributed by atoms with Crippen LogP contribution in [-0.2, 0) is 6.54 Å². The Morgan fingerprint density at radius 3 is 2.50 bits per heavy atom. The molecule has 24 heavy (non-hydrogen) atoms. The van der Waals surface area contributed by atoms with Crippen molar-refractivity contribution in [1.82, 2.24) is 14.5 Å². The molecule has 0 bridgehead atoms. The number of ether oxygens (including phenoxy) is 1. The molecule has 0 saturated heterocycles. The highest BCUT2D eigenvalue weighted by Gasteiger charge is 2.31. The van der Waals surface area contributed by atoms with E-state index in [1.807, 2.05) is 30.5 Å². The van der Waals surface area contributed by atoms with Crippen molar-refractivity contribution in [2.75, 3.05) is 6.26 Å². The summed E-state index contributed by atoms with van der Waals surface area (Å²) in [6, 6.07) is 13.4. The van der Waals surface area contributed by atoms with Gasteiger partial charge in [-0.25, -0.2) is 4.68 Å². The molecule has 2 aromatic carbocycles. The number of alkyl halides is 3. The fourth-order valence-electron chi connectivity index (χ4n) is 2.39. The predicted molar refractivity (Wildman–Crippen MR) is 88.1 cm³/mol. The molecule has 8 heteroatoms. The van der Waals surface area contributed by atoms with E-state index in [9.17, 15) is 13.2 Å². The number of rotatable bonds is 5. The maximum atomic E-state index is 12.2. The lowest BCUT2D eigenvalue weighted by molar-refractivity contribution is -0.274. The Morgan fingerprint density at radius 1 is 1.12 bits per heavy atom. The summed E-state index contributed by atoms with van der Waals surface area (Å²) in [4.78, 5) is 0. The third-order valence-electron chi connectivity index (χ3n) is 3.36. The average molecular weight is 353 g/mol. The maximum Gasteiger partial charge on any atom is 0.573 e. The van der Waals surface area contributed by atoms with E-state index in [0.29, 0.717) is 12.2 Å². The van der Waals surface area contributed by atoms with Crippen molar-refractivity contribution in [2.24, 2.45) is 0 Å². The molecule has 0 aliphatic heterocycles. The standard InChI is InChI=1S/C16H14F3N3OS/c1-24-20-10-14-13-4-2-3-5-15(13)22(21-14)11-6-8-12(9-7-11)23-16(17,18)19/h2-9,20H,10H2,1H3. The number of nitrogens with one attached hydrogen (secondary N) is 1. The van der Waals surface area contributed by atoms with Crippen LogP contribution in [0.2, 0.25) is 0 Å². The van der Waals surface area contributed by atoms with E-state index >= 15 is 0 Å². The topological polar surface area (TPSA) is 39.1 Å². The minimum absolute atomic E-state index is 0.257. The highest BCUT2D eigenvalue weighted by atomic mass is 32.2. The van der Waals surface area contributed by atoms with Gasteiger partial charge in [-0.3, -0.25) is 4.72 Å². The van der Waals surface area contributed by atoms with Crippen LogP contribution in [0.15, 0.2) is 48.5 Å². The molecular formula is C16H14F3N3OS. The first-order chi connectivity index (χ1) is 11.5. The molecule has 3 rings (SSSR count). The molecule has 0 radical (unpaired) electrons. The third-order valence-corrected chi connectivity index (χ3v) is 3.80. The van der Waals surface area contributed by atoms with Gasteiger partial charge in [-0.1, -0.05) is 30.1 Å². The molecule has 0 aliphatic carbocycles. The highest BCUT2D eigenvalue weighted by molar-refractivity contribution is 7.96. The summed E-state index contributed by atoms with van der Waals surface area (Å²) in [6.45, 7) is 0.587. The SMILES string of the molecule is CSNCc1nn(-c2ccc(OC(F)(F)F)cc2)c2ccccc12. The molecule has 0 fully saturated rings. The molecule has 1 N–H and O–H groups in total. The summed E-state index contributed by atoms with van der Waals surface area (Å²) in [5.41, 5.74) is 2.42. The number of aromatic nitrogens is 2. The van der Waals surface area contributed by atoms with Crippen LogP contribution in [0.3, 0.4) is 0 Å². The van der Waals surface area contributed by atoms with E-state index in [0.717, 1.165) is 16.6 Å². The molecule has 0 spiro atoms. The number of para-hydroxylation sites is 1. The van der Waals surface area contributed by atoms with Gasteiger partial charge in [0.25, 0.3) is 0 Å². The van der Waals surface area contributed by atoms with Crippen LogP contribution in [-0.4, -0.2) is 22.4 Å². The van der Waals surface area contributed by atoms with Gasteiger partial charge in [0.05, 0.1) is 23.4 Å². The number of hydrogen-bond acceptors (Lipinski definition) is 4. The van der Waals surface area contributed by atoms with Gasteiger partial charge < -0.3 is 4.74 Å². The van der Waals surface area contributed by atoms with E-state index in [-0.39, 0.29) is 5.75 Å². The van der Waals surface area contributed by atoms with Gasteiger partial charge in [-0.15, -0.1) is 13.2 Å². The first-order valence-electron chi connectivity index (χ1n) is 7.06. The smallest absolute Gasteiger partial charge is 0.406 e. The van der Waals surface area contributed by atoms with E-state index in [1.165, 1.54) is 24.1 Å². The largest absolute Gasteiger partial charge is 0.573 e. The zero-order chi connectivity index (χ0) is 17.2. The van der Waals surface area contributed by atoms with Crippen molar-refractivity contribution >= 4 is 22.9 Å². The summed E-state index contributed by atoms with van der Waals surface area (Å²) in [7, 11) is 0. The molecule has 1 heterocycles. The first-order valence-corrected chi connectivity index (χ1v) is 8.29. The van der Waals surface area contributed by atoms with Crippen molar-refractivity contribution in [1.29, 1.82) is 0 Å². The van der Waals surface area contributed by atoms with Crippen molar-refractivity contribution in [3.05, 3.63) is 54.2 Å². The molecule has 1 aromatic heterocycles.